The van der Waals surface area contributed by atoms with Crippen molar-refractivity contribution in [1.29, 1.82) is 5.26 Å². The van der Waals surface area contributed by atoms with Crippen LogP contribution in [0.3, 0.4) is 0 Å². The molecule has 1 aromatic heterocycles. The first-order chi connectivity index (χ1) is 12.7. The van der Waals surface area contributed by atoms with Crippen LogP contribution in [-0.4, -0.2) is 59.7 Å². The second kappa shape index (κ2) is 8.50. The molecule has 1 aliphatic heterocycles. The summed E-state index contributed by atoms with van der Waals surface area (Å²) >= 11 is 0. The summed E-state index contributed by atoms with van der Waals surface area (Å²) in [6.07, 6.45) is 6.26. The van der Waals surface area contributed by atoms with E-state index >= 15 is 0 Å². The van der Waals surface area contributed by atoms with Gasteiger partial charge >= 0.3 is 6.09 Å². The Morgan fingerprint density at radius 3 is 2.77 bits per heavy atom. The van der Waals surface area contributed by atoms with Gasteiger partial charge in [-0.3, -0.25) is 9.88 Å². The lowest BCUT2D eigenvalue weighted by atomic mass is 9.71. The van der Waals surface area contributed by atoms with Gasteiger partial charge in [0.15, 0.2) is 0 Å². The van der Waals surface area contributed by atoms with E-state index in [9.17, 15) is 10.1 Å². The minimum absolute atomic E-state index is 0.198. The molecule has 0 aromatic carbocycles. The molecule has 1 amide bonds. The van der Waals surface area contributed by atoms with Crippen LogP contribution >= 0.6 is 0 Å². The van der Waals surface area contributed by atoms with Gasteiger partial charge in [0, 0.05) is 38.4 Å². The molecule has 140 valence electrons. The topological polar surface area (TPSA) is 69.5 Å². The van der Waals surface area contributed by atoms with Gasteiger partial charge < -0.3 is 9.64 Å². The summed E-state index contributed by atoms with van der Waals surface area (Å²) < 4.78 is 5.13. The van der Waals surface area contributed by atoms with Crippen LogP contribution < -0.4 is 0 Å². The molecule has 1 aliphatic carbocycles. The Balaban J connectivity index is 1.58. The fourth-order valence-electron chi connectivity index (χ4n) is 4.23. The summed E-state index contributed by atoms with van der Waals surface area (Å²) in [5.74, 6) is 0. The number of carbonyl (C=O) groups excluding carboxylic acids is 1. The Bertz CT molecular complexity index is 635. The molecule has 0 radical (unpaired) electrons. The minimum atomic E-state index is -0.444. The smallest absolute Gasteiger partial charge is 0.409 e. The lowest BCUT2D eigenvalue weighted by molar-refractivity contribution is 0.104. The molecule has 2 fully saturated rings. The van der Waals surface area contributed by atoms with Crippen molar-refractivity contribution >= 4 is 6.09 Å². The van der Waals surface area contributed by atoms with E-state index in [-0.39, 0.29) is 6.09 Å². The van der Waals surface area contributed by atoms with Crippen LogP contribution in [0.25, 0.3) is 0 Å². The molecule has 26 heavy (non-hydrogen) atoms. The van der Waals surface area contributed by atoms with Crippen molar-refractivity contribution in [1.82, 2.24) is 14.8 Å². The van der Waals surface area contributed by atoms with Crippen LogP contribution in [-0.2, 0) is 10.2 Å². The average molecular weight is 356 g/mol. The van der Waals surface area contributed by atoms with Crippen LogP contribution in [0.4, 0.5) is 4.79 Å². The van der Waals surface area contributed by atoms with Gasteiger partial charge in [0.2, 0.25) is 0 Å². The molecule has 0 unspecified atom stereocenters. The number of nitriles is 1. The number of amides is 1. The maximum Gasteiger partial charge on any atom is 0.409 e. The van der Waals surface area contributed by atoms with Gasteiger partial charge in [-0.05, 0) is 51.2 Å². The molecule has 3 rings (SSSR count). The molecular weight excluding hydrogens is 328 g/mol. The van der Waals surface area contributed by atoms with Crippen LogP contribution in [0.5, 0.6) is 0 Å². The molecule has 2 heterocycles. The Kier molecular flexibility index (Phi) is 6.10. The van der Waals surface area contributed by atoms with Crippen molar-refractivity contribution in [2.24, 2.45) is 0 Å². The highest BCUT2D eigenvalue weighted by molar-refractivity contribution is 5.67. The highest BCUT2D eigenvalue weighted by atomic mass is 16.6. The molecule has 1 aromatic rings. The number of rotatable bonds is 3. The van der Waals surface area contributed by atoms with E-state index in [2.05, 4.69) is 16.0 Å². The number of aromatic nitrogens is 1. The predicted octanol–water partition coefficient (Wildman–Crippen LogP) is 2.95. The lowest BCUT2D eigenvalue weighted by Crippen LogP contribution is -2.44. The maximum absolute atomic E-state index is 12.0. The van der Waals surface area contributed by atoms with Crippen molar-refractivity contribution < 1.29 is 9.53 Å². The SMILES string of the molecule is CCOC(=O)N1CCCN(C2CCC(C#N)(c3ccccn3)CC2)CC1. The van der Waals surface area contributed by atoms with Crippen molar-refractivity contribution in [3.8, 4) is 6.07 Å². The fraction of sp³-hybridized carbons (Fsp3) is 0.650. The number of nitrogens with zero attached hydrogens (tertiary/aromatic N) is 4. The van der Waals surface area contributed by atoms with Gasteiger partial charge in [-0.25, -0.2) is 4.79 Å². The molecule has 0 bridgehead atoms. The lowest BCUT2D eigenvalue weighted by Gasteiger charge is -2.39. The zero-order chi connectivity index (χ0) is 18.4. The van der Waals surface area contributed by atoms with Crippen molar-refractivity contribution in [2.75, 3.05) is 32.8 Å². The monoisotopic (exact) mass is 356 g/mol. The van der Waals surface area contributed by atoms with Crippen LogP contribution in [0, 0.1) is 11.3 Å². The molecule has 0 N–H and O–H groups in total. The summed E-state index contributed by atoms with van der Waals surface area (Å²) in [5, 5.41) is 9.82. The van der Waals surface area contributed by atoms with Gasteiger partial charge in [-0.1, -0.05) is 6.07 Å². The standard InChI is InChI=1S/C20H28N4O2/c1-2-26-19(25)24-13-5-12-23(14-15-24)17-7-9-20(16-21,10-8-17)18-6-3-4-11-22-18/h3-4,6,11,17H,2,5,7-10,12-15H2,1H3. The number of hydrogen-bond acceptors (Lipinski definition) is 5. The molecule has 6 heteroatoms. The zero-order valence-electron chi connectivity index (χ0n) is 15.6. The predicted molar refractivity (Wildman–Crippen MR) is 98.6 cm³/mol. The van der Waals surface area contributed by atoms with E-state index in [1.807, 2.05) is 30.0 Å². The summed E-state index contributed by atoms with van der Waals surface area (Å²) in [5.41, 5.74) is 0.464. The second-order valence-corrected chi connectivity index (χ2v) is 7.22. The molecule has 1 saturated carbocycles. The summed E-state index contributed by atoms with van der Waals surface area (Å²) in [6, 6.07) is 8.88. The van der Waals surface area contributed by atoms with E-state index in [0.717, 1.165) is 64.0 Å². The van der Waals surface area contributed by atoms with Gasteiger partial charge in [-0.15, -0.1) is 0 Å². The van der Waals surface area contributed by atoms with E-state index in [1.54, 1.807) is 6.20 Å². The molecule has 1 saturated heterocycles. The largest absolute Gasteiger partial charge is 0.450 e. The van der Waals surface area contributed by atoms with Crippen molar-refractivity contribution in [3.63, 3.8) is 0 Å². The van der Waals surface area contributed by atoms with Crippen LogP contribution in [0.2, 0.25) is 0 Å². The van der Waals surface area contributed by atoms with E-state index < -0.39 is 5.41 Å². The second-order valence-electron chi connectivity index (χ2n) is 7.22. The molecular formula is C20H28N4O2. The first-order valence-electron chi connectivity index (χ1n) is 9.67. The van der Waals surface area contributed by atoms with E-state index in [1.165, 1.54) is 0 Å². The first kappa shape index (κ1) is 18.7. The van der Waals surface area contributed by atoms with Gasteiger partial charge in [0.05, 0.1) is 23.8 Å². The quantitative estimate of drug-likeness (QED) is 0.833. The van der Waals surface area contributed by atoms with Gasteiger partial charge in [-0.2, -0.15) is 5.26 Å². The highest BCUT2D eigenvalue weighted by Gasteiger charge is 2.40. The van der Waals surface area contributed by atoms with E-state index in [4.69, 9.17) is 4.74 Å². The van der Waals surface area contributed by atoms with Gasteiger partial charge in [0.25, 0.3) is 0 Å². The Morgan fingerprint density at radius 1 is 1.31 bits per heavy atom. The summed E-state index contributed by atoms with van der Waals surface area (Å²) in [7, 11) is 0. The van der Waals surface area contributed by atoms with Crippen molar-refractivity contribution in [3.05, 3.63) is 30.1 Å². The maximum atomic E-state index is 12.0. The zero-order valence-corrected chi connectivity index (χ0v) is 15.6. The molecule has 0 spiro atoms. The third-order valence-corrected chi connectivity index (χ3v) is 5.75. The normalized spacial score (nSPS) is 27.4. The minimum Gasteiger partial charge on any atom is -0.450 e. The Morgan fingerprint density at radius 2 is 2.12 bits per heavy atom. The molecule has 2 aliphatic rings. The van der Waals surface area contributed by atoms with Gasteiger partial charge in [0.1, 0.15) is 0 Å². The third-order valence-electron chi connectivity index (χ3n) is 5.75. The molecule has 6 nitrogen and oxygen atoms in total. The Hall–Kier alpha value is -2.13. The van der Waals surface area contributed by atoms with Crippen LogP contribution in [0.1, 0.15) is 44.7 Å². The average Bonchev–Trinajstić information content (AvgIpc) is 2.95. The number of pyridine rings is 1. The number of hydrogen-bond donors (Lipinski definition) is 0. The third kappa shape index (κ3) is 3.99. The number of carbonyl (C=O) groups is 1. The summed E-state index contributed by atoms with van der Waals surface area (Å²) in [6.45, 7) is 5.63. The fourth-order valence-corrected chi connectivity index (χ4v) is 4.23. The first-order valence-corrected chi connectivity index (χ1v) is 9.67. The summed E-state index contributed by atoms with van der Waals surface area (Å²) in [4.78, 5) is 20.7. The van der Waals surface area contributed by atoms with Crippen LogP contribution in [0.15, 0.2) is 24.4 Å². The van der Waals surface area contributed by atoms with E-state index in [0.29, 0.717) is 12.6 Å². The highest BCUT2D eigenvalue weighted by Crippen LogP contribution is 2.39. The molecule has 0 atom stereocenters. The Labute approximate surface area is 155 Å². The van der Waals surface area contributed by atoms with Crippen molar-refractivity contribution in [2.45, 2.75) is 50.5 Å². The number of ether oxygens (including phenoxy) is 1.